The molecule has 2 heterocycles. The van der Waals surface area contributed by atoms with Crippen molar-refractivity contribution in [2.45, 2.75) is 24.1 Å². The molecule has 1 aromatic carbocycles. The summed E-state index contributed by atoms with van der Waals surface area (Å²) in [6.45, 7) is 6.94. The summed E-state index contributed by atoms with van der Waals surface area (Å²) < 4.78 is 29.7. The van der Waals surface area contributed by atoms with Crippen LogP contribution < -0.4 is 15.1 Å². The Kier molecular flexibility index (Phi) is 6.81. The molecule has 1 saturated heterocycles. The molecular formula is C18H24F2N4O2S+2. The Morgan fingerprint density at radius 3 is 2.48 bits per heavy atom. The number of aryl methyl sites for hydroxylation is 1. The van der Waals surface area contributed by atoms with Gasteiger partial charge in [0.2, 0.25) is 0 Å². The second kappa shape index (κ2) is 9.29. The van der Waals surface area contributed by atoms with Gasteiger partial charge in [0.15, 0.2) is 6.54 Å². The highest BCUT2D eigenvalue weighted by molar-refractivity contribution is 7.99. The van der Waals surface area contributed by atoms with Crippen LogP contribution in [0.4, 0.5) is 14.5 Å². The van der Waals surface area contributed by atoms with E-state index in [0.717, 1.165) is 44.2 Å². The molecule has 1 aromatic heterocycles. The molecule has 0 saturated carbocycles. The van der Waals surface area contributed by atoms with Crippen LogP contribution in [0, 0.1) is 6.92 Å². The third-order valence-electron chi connectivity index (χ3n) is 4.55. The summed E-state index contributed by atoms with van der Waals surface area (Å²) in [7, 11) is 0. The predicted molar refractivity (Wildman–Crippen MR) is 98.1 cm³/mol. The van der Waals surface area contributed by atoms with Gasteiger partial charge in [-0.2, -0.15) is 8.78 Å². The molecule has 0 bridgehead atoms. The molecule has 27 heavy (non-hydrogen) atoms. The van der Waals surface area contributed by atoms with Crippen LogP contribution in [0.3, 0.4) is 0 Å². The maximum atomic E-state index is 12.3. The molecule has 146 valence electrons. The second-order valence-electron chi connectivity index (χ2n) is 6.73. The molecule has 9 heteroatoms. The number of carbonyl (C=O) groups is 1. The van der Waals surface area contributed by atoms with E-state index in [1.54, 1.807) is 24.3 Å². The van der Waals surface area contributed by atoms with Crippen molar-refractivity contribution >= 4 is 23.4 Å². The first kappa shape index (κ1) is 19.8. The van der Waals surface area contributed by atoms with Gasteiger partial charge in [0.1, 0.15) is 44.2 Å². The van der Waals surface area contributed by atoms with Crippen LogP contribution in [-0.2, 0) is 11.3 Å². The van der Waals surface area contributed by atoms with Gasteiger partial charge < -0.3 is 19.6 Å². The topological polar surface area (TPSA) is 64.0 Å². The molecule has 0 unspecified atom stereocenters. The molecule has 3 N–H and O–H groups in total. The second-order valence-corrected chi connectivity index (χ2v) is 7.80. The maximum absolute atomic E-state index is 12.3. The number of aromatic nitrogens is 1. The van der Waals surface area contributed by atoms with Gasteiger partial charge in [-0.05, 0) is 31.2 Å². The Morgan fingerprint density at radius 1 is 1.22 bits per heavy atom. The van der Waals surface area contributed by atoms with Crippen molar-refractivity contribution in [1.29, 1.82) is 0 Å². The van der Waals surface area contributed by atoms with Crippen LogP contribution >= 0.6 is 11.8 Å². The Hall–Kier alpha value is -1.97. The average Bonchev–Trinajstić information content (AvgIpc) is 3.03. The fourth-order valence-corrected chi connectivity index (χ4v) is 3.72. The van der Waals surface area contributed by atoms with Gasteiger partial charge in [0, 0.05) is 16.6 Å². The van der Waals surface area contributed by atoms with Crippen LogP contribution in [0.2, 0.25) is 0 Å². The van der Waals surface area contributed by atoms with Gasteiger partial charge in [0.25, 0.3) is 11.7 Å². The van der Waals surface area contributed by atoms with Gasteiger partial charge in [-0.1, -0.05) is 16.9 Å². The number of benzene rings is 1. The number of nitrogens with zero attached hydrogens (tertiary/aromatic N) is 1. The van der Waals surface area contributed by atoms with Crippen LogP contribution in [0.5, 0.6) is 0 Å². The lowest BCUT2D eigenvalue weighted by atomic mass is 10.2. The Morgan fingerprint density at radius 2 is 1.89 bits per heavy atom. The van der Waals surface area contributed by atoms with Crippen molar-refractivity contribution in [2.24, 2.45) is 0 Å². The normalized spacial score (nSPS) is 20.0. The van der Waals surface area contributed by atoms with Crippen molar-refractivity contribution in [2.75, 3.05) is 38.0 Å². The molecule has 6 nitrogen and oxygen atoms in total. The minimum absolute atomic E-state index is 0.0603. The monoisotopic (exact) mass is 398 g/mol. The highest BCUT2D eigenvalue weighted by atomic mass is 32.2. The molecule has 1 aliphatic heterocycles. The summed E-state index contributed by atoms with van der Waals surface area (Å²) in [5, 5.41) is 6.87. The molecule has 1 amide bonds. The van der Waals surface area contributed by atoms with E-state index in [1.165, 1.54) is 9.80 Å². The fraction of sp³-hybridized carbons (Fsp3) is 0.444. The lowest BCUT2D eigenvalue weighted by Gasteiger charge is -2.28. The van der Waals surface area contributed by atoms with Crippen LogP contribution in [0.1, 0.15) is 11.5 Å². The van der Waals surface area contributed by atoms with E-state index in [4.69, 9.17) is 4.52 Å². The predicted octanol–water partition coefficient (Wildman–Crippen LogP) is 0.220. The van der Waals surface area contributed by atoms with E-state index < -0.39 is 5.76 Å². The van der Waals surface area contributed by atoms with Crippen molar-refractivity contribution < 1.29 is 27.9 Å². The molecule has 0 radical (unpaired) electrons. The summed E-state index contributed by atoms with van der Waals surface area (Å²) in [5.74, 6) is -1.68. The molecule has 2 aromatic rings. The Balaban J connectivity index is 1.40. The summed E-state index contributed by atoms with van der Waals surface area (Å²) in [6.07, 6.45) is 0. The molecule has 1 aliphatic rings. The number of halogens is 2. The number of rotatable bonds is 7. The lowest BCUT2D eigenvalue weighted by Crippen LogP contribution is -3.28. The number of quaternary nitrogens is 2. The number of hydrogen-bond donors (Lipinski definition) is 3. The fourth-order valence-electron chi connectivity index (χ4n) is 3.22. The van der Waals surface area contributed by atoms with E-state index in [1.807, 2.05) is 13.0 Å². The van der Waals surface area contributed by atoms with Gasteiger partial charge in [-0.25, -0.2) is 0 Å². The quantitative estimate of drug-likeness (QED) is 0.584. The highest BCUT2D eigenvalue weighted by Crippen LogP contribution is 2.26. The summed E-state index contributed by atoms with van der Waals surface area (Å²) in [4.78, 5) is 15.4. The lowest BCUT2D eigenvalue weighted by molar-refractivity contribution is -1.02. The first-order valence-electron chi connectivity index (χ1n) is 8.92. The maximum Gasteiger partial charge on any atom is 0.288 e. The van der Waals surface area contributed by atoms with Gasteiger partial charge >= 0.3 is 0 Å². The van der Waals surface area contributed by atoms with Crippen molar-refractivity contribution in [3.05, 3.63) is 41.8 Å². The van der Waals surface area contributed by atoms with Crippen LogP contribution in [0.25, 0.3) is 0 Å². The van der Waals surface area contributed by atoms with E-state index >= 15 is 0 Å². The first-order valence-corrected chi connectivity index (χ1v) is 9.80. The summed E-state index contributed by atoms with van der Waals surface area (Å²) >= 11 is 0.494. The minimum Gasteiger partial charge on any atom is -0.361 e. The molecular weight excluding hydrogens is 374 g/mol. The molecule has 0 spiro atoms. The zero-order chi connectivity index (χ0) is 19.2. The molecule has 0 aliphatic carbocycles. The number of piperazine rings is 1. The zero-order valence-corrected chi connectivity index (χ0v) is 16.0. The van der Waals surface area contributed by atoms with Gasteiger partial charge in [0.05, 0.1) is 0 Å². The summed E-state index contributed by atoms with van der Waals surface area (Å²) in [5.41, 5.74) is 1.60. The average molecular weight is 398 g/mol. The number of alkyl halides is 2. The zero-order valence-electron chi connectivity index (χ0n) is 15.1. The number of hydrogen-bond acceptors (Lipinski definition) is 4. The van der Waals surface area contributed by atoms with Crippen molar-refractivity contribution in [3.63, 3.8) is 0 Å². The number of nitrogens with one attached hydrogen (secondary N) is 3. The van der Waals surface area contributed by atoms with Crippen LogP contribution in [-0.4, -0.2) is 49.5 Å². The molecule has 3 rings (SSSR count). The van der Waals surface area contributed by atoms with E-state index in [-0.39, 0.29) is 5.91 Å². The first-order chi connectivity index (χ1) is 13.0. The Bertz CT molecular complexity index is 746. The van der Waals surface area contributed by atoms with Crippen LogP contribution in [0.15, 0.2) is 39.8 Å². The molecule has 1 fully saturated rings. The van der Waals surface area contributed by atoms with E-state index in [9.17, 15) is 13.6 Å². The number of thioether (sulfide) groups is 1. The smallest absolute Gasteiger partial charge is 0.288 e. The van der Waals surface area contributed by atoms with E-state index in [2.05, 4.69) is 10.5 Å². The van der Waals surface area contributed by atoms with Gasteiger partial charge in [-0.3, -0.25) is 4.79 Å². The number of carbonyl (C=O) groups excluding carboxylic acids is 1. The van der Waals surface area contributed by atoms with E-state index in [0.29, 0.717) is 28.9 Å². The van der Waals surface area contributed by atoms with Crippen molar-refractivity contribution in [1.82, 2.24) is 5.16 Å². The highest BCUT2D eigenvalue weighted by Gasteiger charge is 2.25. The Labute approximate surface area is 160 Å². The number of anilines is 1. The third kappa shape index (κ3) is 6.30. The largest absolute Gasteiger partial charge is 0.361 e. The SMILES string of the molecule is Cc1cc(C[NH+]2CC[NH+](CC(=O)Nc3ccc(SC(F)F)cc3)CC2)no1. The standard InChI is InChI=1S/C18H22F2N4O2S/c1-13-10-15(22-26-13)11-23-6-8-24(9-7-23)12-17(25)21-14-2-4-16(5-3-14)27-18(19)20/h2-5,10,18H,6-9,11-12H2,1H3,(H,21,25)/p+2. The molecule has 0 atom stereocenters. The van der Waals surface area contributed by atoms with Crippen molar-refractivity contribution in [3.8, 4) is 0 Å². The summed E-state index contributed by atoms with van der Waals surface area (Å²) in [6, 6.07) is 8.45. The number of amides is 1. The minimum atomic E-state index is -2.44. The van der Waals surface area contributed by atoms with Gasteiger partial charge in [-0.15, -0.1) is 0 Å². The third-order valence-corrected chi connectivity index (χ3v) is 5.27.